The van der Waals surface area contributed by atoms with Gasteiger partial charge in [0.2, 0.25) is 0 Å². The minimum Gasteiger partial charge on any atom is -0.370 e. The summed E-state index contributed by atoms with van der Waals surface area (Å²) in [6, 6.07) is 10.2. The highest BCUT2D eigenvalue weighted by Crippen LogP contribution is 2.17. The molecule has 4 nitrogen and oxygen atoms in total. The first kappa shape index (κ1) is 12.9. The van der Waals surface area contributed by atoms with E-state index in [9.17, 15) is 0 Å². The molecule has 0 atom stereocenters. The minimum atomic E-state index is 0.594. The molecular formula is C16H20N4. The van der Waals surface area contributed by atoms with Crippen LogP contribution in [0.3, 0.4) is 0 Å². The summed E-state index contributed by atoms with van der Waals surface area (Å²) in [5.74, 6) is 0.664. The van der Waals surface area contributed by atoms with Crippen molar-refractivity contribution in [3.05, 3.63) is 42.1 Å². The Hall–Kier alpha value is -2.10. The normalized spacial score (nSPS) is 16.6. The lowest BCUT2D eigenvalue weighted by Gasteiger charge is -2.27. The smallest absolute Gasteiger partial charge is 0.191 e. The molecule has 1 fully saturated rings. The number of benzene rings is 1. The van der Waals surface area contributed by atoms with Crippen molar-refractivity contribution in [1.82, 2.24) is 9.88 Å². The second-order valence-electron chi connectivity index (χ2n) is 5.21. The molecule has 1 saturated heterocycles. The average Bonchev–Trinajstić information content (AvgIpc) is 2.53. The molecule has 104 valence electrons. The Morgan fingerprint density at radius 3 is 2.80 bits per heavy atom. The van der Waals surface area contributed by atoms with E-state index in [2.05, 4.69) is 33.1 Å². The standard InChI is InChI=1S/C16H20N4/c17-16(20-10-2-1-3-11-20)19-12-14-7-4-6-13-8-5-9-18-15(13)14/h4-9H,1-3,10-12H2,(H2,17,19). The predicted molar refractivity (Wildman–Crippen MR) is 82.5 cm³/mol. The molecule has 4 heteroatoms. The van der Waals surface area contributed by atoms with E-state index < -0.39 is 0 Å². The number of nitrogens with zero attached hydrogens (tertiary/aromatic N) is 3. The van der Waals surface area contributed by atoms with Gasteiger partial charge in [0.15, 0.2) is 5.96 Å². The van der Waals surface area contributed by atoms with Gasteiger partial charge in [-0.2, -0.15) is 0 Å². The Morgan fingerprint density at radius 1 is 1.15 bits per heavy atom. The molecule has 1 aliphatic heterocycles. The molecule has 0 saturated carbocycles. The van der Waals surface area contributed by atoms with Crippen molar-refractivity contribution >= 4 is 16.9 Å². The summed E-state index contributed by atoms with van der Waals surface area (Å²) < 4.78 is 0. The molecule has 2 aromatic rings. The van der Waals surface area contributed by atoms with Gasteiger partial charge in [-0.3, -0.25) is 4.98 Å². The van der Waals surface area contributed by atoms with Crippen LogP contribution in [0.15, 0.2) is 41.5 Å². The van der Waals surface area contributed by atoms with Crippen LogP contribution in [0.1, 0.15) is 24.8 Å². The first-order valence-electron chi connectivity index (χ1n) is 7.22. The molecule has 20 heavy (non-hydrogen) atoms. The summed E-state index contributed by atoms with van der Waals surface area (Å²) in [5, 5.41) is 1.15. The van der Waals surface area contributed by atoms with Gasteiger partial charge in [0.05, 0.1) is 12.1 Å². The van der Waals surface area contributed by atoms with E-state index in [1.54, 1.807) is 0 Å². The van der Waals surface area contributed by atoms with Crippen LogP contribution in [-0.2, 0) is 6.54 Å². The van der Waals surface area contributed by atoms with E-state index in [-0.39, 0.29) is 0 Å². The first-order valence-corrected chi connectivity index (χ1v) is 7.22. The maximum absolute atomic E-state index is 6.10. The van der Waals surface area contributed by atoms with Crippen molar-refractivity contribution in [2.75, 3.05) is 13.1 Å². The van der Waals surface area contributed by atoms with E-state index in [0.29, 0.717) is 12.5 Å². The maximum atomic E-state index is 6.10. The Labute approximate surface area is 119 Å². The third-order valence-corrected chi connectivity index (χ3v) is 3.81. The molecule has 0 amide bonds. The monoisotopic (exact) mass is 268 g/mol. The fourth-order valence-corrected chi connectivity index (χ4v) is 2.68. The number of pyridine rings is 1. The number of aromatic nitrogens is 1. The van der Waals surface area contributed by atoms with E-state index in [1.165, 1.54) is 19.3 Å². The molecular weight excluding hydrogens is 248 g/mol. The lowest BCUT2D eigenvalue weighted by atomic mass is 10.1. The quantitative estimate of drug-likeness (QED) is 0.672. The fourth-order valence-electron chi connectivity index (χ4n) is 2.68. The van der Waals surface area contributed by atoms with E-state index >= 15 is 0 Å². The largest absolute Gasteiger partial charge is 0.370 e. The van der Waals surface area contributed by atoms with Crippen LogP contribution in [0.2, 0.25) is 0 Å². The lowest BCUT2D eigenvalue weighted by molar-refractivity contribution is 0.338. The lowest BCUT2D eigenvalue weighted by Crippen LogP contribution is -2.40. The highest BCUT2D eigenvalue weighted by molar-refractivity contribution is 5.82. The Morgan fingerprint density at radius 2 is 1.95 bits per heavy atom. The van der Waals surface area contributed by atoms with Crippen molar-refractivity contribution in [3.8, 4) is 0 Å². The zero-order valence-electron chi connectivity index (χ0n) is 11.6. The highest BCUT2D eigenvalue weighted by atomic mass is 15.2. The number of nitrogens with two attached hydrogens (primary N) is 1. The number of piperidine rings is 1. The van der Waals surface area contributed by atoms with Gasteiger partial charge in [0.1, 0.15) is 0 Å². The van der Waals surface area contributed by atoms with Gasteiger partial charge in [0.25, 0.3) is 0 Å². The number of rotatable bonds is 2. The predicted octanol–water partition coefficient (Wildman–Crippen LogP) is 2.54. The SMILES string of the molecule is NC(=NCc1cccc2cccnc12)N1CCCCC1. The van der Waals surface area contributed by atoms with Crippen molar-refractivity contribution < 1.29 is 0 Å². The van der Waals surface area contributed by atoms with Crippen LogP contribution >= 0.6 is 0 Å². The third-order valence-electron chi connectivity index (χ3n) is 3.81. The van der Waals surface area contributed by atoms with Gasteiger partial charge in [-0.25, -0.2) is 4.99 Å². The summed E-state index contributed by atoms with van der Waals surface area (Å²) in [6.07, 6.45) is 5.55. The van der Waals surface area contributed by atoms with Crippen molar-refractivity contribution in [3.63, 3.8) is 0 Å². The number of guanidine groups is 1. The summed E-state index contributed by atoms with van der Waals surface area (Å²) in [7, 11) is 0. The molecule has 1 aliphatic rings. The molecule has 0 radical (unpaired) electrons. The number of hydrogen-bond acceptors (Lipinski definition) is 2. The third kappa shape index (κ3) is 2.74. The van der Waals surface area contributed by atoms with Gasteiger partial charge in [-0.15, -0.1) is 0 Å². The van der Waals surface area contributed by atoms with Crippen LogP contribution in [0.5, 0.6) is 0 Å². The molecule has 2 heterocycles. The molecule has 1 aromatic carbocycles. The Balaban J connectivity index is 1.79. The van der Waals surface area contributed by atoms with Crippen LogP contribution in [-0.4, -0.2) is 28.9 Å². The maximum Gasteiger partial charge on any atom is 0.191 e. The van der Waals surface area contributed by atoms with Gasteiger partial charge >= 0.3 is 0 Å². The van der Waals surface area contributed by atoms with Crippen LogP contribution < -0.4 is 5.73 Å². The number of likely N-dealkylation sites (tertiary alicyclic amines) is 1. The number of para-hydroxylation sites is 1. The topological polar surface area (TPSA) is 54.5 Å². The fraction of sp³-hybridized carbons (Fsp3) is 0.375. The number of aliphatic imine (C=N–C) groups is 1. The zero-order chi connectivity index (χ0) is 13.8. The molecule has 0 spiro atoms. The molecule has 0 unspecified atom stereocenters. The van der Waals surface area contributed by atoms with Gasteiger partial charge in [0, 0.05) is 24.7 Å². The van der Waals surface area contributed by atoms with Crippen LogP contribution in [0.4, 0.5) is 0 Å². The first-order chi connectivity index (χ1) is 9.84. The van der Waals surface area contributed by atoms with E-state index in [0.717, 1.165) is 29.6 Å². The van der Waals surface area contributed by atoms with Crippen molar-refractivity contribution in [2.24, 2.45) is 10.7 Å². The minimum absolute atomic E-state index is 0.594. The number of hydrogen-bond donors (Lipinski definition) is 1. The zero-order valence-corrected chi connectivity index (χ0v) is 11.6. The second-order valence-corrected chi connectivity index (χ2v) is 5.21. The van der Waals surface area contributed by atoms with E-state index in [4.69, 9.17) is 5.73 Å². The summed E-state index contributed by atoms with van der Waals surface area (Å²) in [6.45, 7) is 2.66. The highest BCUT2D eigenvalue weighted by Gasteiger charge is 2.11. The van der Waals surface area contributed by atoms with Crippen LogP contribution in [0.25, 0.3) is 10.9 Å². The van der Waals surface area contributed by atoms with Crippen molar-refractivity contribution in [1.29, 1.82) is 0 Å². The summed E-state index contributed by atoms with van der Waals surface area (Å²) >= 11 is 0. The summed E-state index contributed by atoms with van der Waals surface area (Å²) in [4.78, 5) is 11.2. The molecule has 2 N–H and O–H groups in total. The number of fused-ring (bicyclic) bond motifs is 1. The molecule has 0 aliphatic carbocycles. The average molecular weight is 268 g/mol. The Bertz CT molecular complexity index is 609. The second kappa shape index (κ2) is 5.90. The van der Waals surface area contributed by atoms with E-state index in [1.807, 2.05) is 18.3 Å². The van der Waals surface area contributed by atoms with Crippen LogP contribution in [0, 0.1) is 0 Å². The van der Waals surface area contributed by atoms with Gasteiger partial charge in [-0.05, 0) is 30.9 Å². The summed E-state index contributed by atoms with van der Waals surface area (Å²) in [5.41, 5.74) is 8.24. The van der Waals surface area contributed by atoms with Gasteiger partial charge < -0.3 is 10.6 Å². The molecule has 3 rings (SSSR count). The van der Waals surface area contributed by atoms with Crippen molar-refractivity contribution in [2.45, 2.75) is 25.8 Å². The molecule has 0 bridgehead atoms. The van der Waals surface area contributed by atoms with Gasteiger partial charge in [-0.1, -0.05) is 24.3 Å². The molecule has 1 aromatic heterocycles. The Kier molecular flexibility index (Phi) is 3.81.